The summed E-state index contributed by atoms with van der Waals surface area (Å²) in [6, 6.07) is 12.3. The minimum Gasteiger partial charge on any atom is -0.492 e. The van der Waals surface area contributed by atoms with Gasteiger partial charge in [-0.3, -0.25) is 0 Å². The van der Waals surface area contributed by atoms with Crippen LogP contribution < -0.4 is 10.5 Å². The smallest absolute Gasteiger partial charge is 0.478 e. The van der Waals surface area contributed by atoms with Crippen LogP contribution in [0.1, 0.15) is 58.2 Å². The molecule has 0 aromatic heterocycles. The number of phosphoric acid groups is 2. The lowest BCUT2D eigenvalue weighted by Crippen LogP contribution is -2.39. The lowest BCUT2D eigenvalue weighted by Gasteiger charge is -2.32. The monoisotopic (exact) mass is 607 g/mol. The van der Waals surface area contributed by atoms with Crippen molar-refractivity contribution in [3.05, 3.63) is 53.1 Å². The number of benzene rings is 2. The van der Waals surface area contributed by atoms with E-state index in [0.29, 0.717) is 12.3 Å². The number of nitrogens with two attached hydrogens (primary N) is 1. The molecule has 0 aliphatic carbocycles. The highest BCUT2D eigenvalue weighted by atomic mass is 31.3. The summed E-state index contributed by atoms with van der Waals surface area (Å²) in [5, 5.41) is 29.1. The molecule has 9 N–H and O–H groups in total. The molecule has 40 heavy (non-hydrogen) atoms. The van der Waals surface area contributed by atoms with Gasteiger partial charge in [-0.2, -0.15) is 4.31 Å². The first-order valence-electron chi connectivity index (χ1n) is 12.4. The van der Waals surface area contributed by atoms with Gasteiger partial charge in [-0.05, 0) is 45.2 Å². The average Bonchev–Trinajstić information content (AvgIpc) is 2.82. The second-order valence-corrected chi connectivity index (χ2v) is 14.2. The Bertz CT molecular complexity index is 1150. The van der Waals surface area contributed by atoms with Crippen LogP contribution in [0, 0.1) is 5.41 Å². The normalized spacial score (nSPS) is 13.1. The molecule has 2 aromatic rings. The van der Waals surface area contributed by atoms with E-state index in [1.54, 1.807) is 0 Å². The maximum absolute atomic E-state index is 9.71. The van der Waals surface area contributed by atoms with Gasteiger partial charge in [0.2, 0.25) is 0 Å². The van der Waals surface area contributed by atoms with Crippen molar-refractivity contribution in [1.29, 1.82) is 0 Å². The summed E-state index contributed by atoms with van der Waals surface area (Å²) < 4.78 is 28.4. The van der Waals surface area contributed by atoms with Gasteiger partial charge in [0.25, 0.3) is 0 Å². The van der Waals surface area contributed by atoms with Crippen molar-refractivity contribution in [1.82, 2.24) is 0 Å². The highest BCUT2D eigenvalue weighted by molar-refractivity contribution is 7.60. The number of aliphatic hydroxyl groups is 3. The third kappa shape index (κ3) is 11.0. The maximum Gasteiger partial charge on any atom is 0.478 e. The van der Waals surface area contributed by atoms with Crippen LogP contribution in [0.3, 0.4) is 0 Å². The second-order valence-electron chi connectivity index (χ2n) is 11.6. The molecule has 0 aliphatic rings. The van der Waals surface area contributed by atoms with E-state index in [1.165, 1.54) is 11.1 Å². The molecule has 0 saturated heterocycles. The molecule has 0 heterocycles. The van der Waals surface area contributed by atoms with Crippen LogP contribution in [-0.4, -0.2) is 61.3 Å². The fraction of sp³-hybridized carbons (Fsp3) is 0.538. The van der Waals surface area contributed by atoms with Crippen LogP contribution in [0.2, 0.25) is 0 Å². The van der Waals surface area contributed by atoms with E-state index in [4.69, 9.17) is 30.0 Å². The van der Waals surface area contributed by atoms with Crippen molar-refractivity contribution in [2.75, 3.05) is 26.4 Å². The fourth-order valence-corrected chi connectivity index (χ4v) is 4.88. The van der Waals surface area contributed by atoms with Gasteiger partial charge >= 0.3 is 15.6 Å². The first-order chi connectivity index (χ1) is 18.1. The minimum absolute atomic E-state index is 0.00594. The third-order valence-corrected chi connectivity index (χ3v) is 7.68. The Balaban J connectivity index is 0.000000763. The molecule has 2 rings (SSSR count). The molecule has 2 aromatic carbocycles. The minimum atomic E-state index is -5.05. The third-order valence-electron chi connectivity index (χ3n) is 5.98. The van der Waals surface area contributed by atoms with E-state index in [2.05, 4.69) is 70.1 Å². The standard InChI is InChI=1S/C26H39NO4.H4O7P2/c1-24(2,3)20-8-7-9-21(25(4,5)6)23(20)19-12-18(13-27)10-11-22(19)31-17-26(14-28,15-29)16-30;1-8(2,3)7-9(4,5)6/h7-12,28-30H,13-17,27H2,1-6H3;(H2,1,2,3)(H2,4,5,6). The van der Waals surface area contributed by atoms with E-state index in [0.717, 1.165) is 16.7 Å². The molecule has 0 unspecified atom stereocenters. The number of rotatable bonds is 10. The van der Waals surface area contributed by atoms with Gasteiger partial charge in [-0.25, -0.2) is 9.13 Å². The Morgan fingerprint density at radius 3 is 1.55 bits per heavy atom. The molecular formula is C26H43NO11P2. The fourth-order valence-electron chi connectivity index (χ4n) is 3.77. The summed E-state index contributed by atoms with van der Waals surface area (Å²) in [5.41, 5.74) is 10.1. The van der Waals surface area contributed by atoms with Crippen LogP contribution in [0.15, 0.2) is 36.4 Å². The zero-order valence-electron chi connectivity index (χ0n) is 23.7. The largest absolute Gasteiger partial charge is 0.492 e. The topological polar surface area (TPSA) is 220 Å². The zero-order chi connectivity index (χ0) is 31.2. The average molecular weight is 608 g/mol. The van der Waals surface area contributed by atoms with Crippen molar-refractivity contribution in [3.63, 3.8) is 0 Å². The summed E-state index contributed by atoms with van der Waals surface area (Å²) in [4.78, 5) is 31.0. The quantitative estimate of drug-likeness (QED) is 0.183. The number of ether oxygens (including phenoxy) is 1. The van der Waals surface area contributed by atoms with Gasteiger partial charge in [-0.15, -0.1) is 0 Å². The summed E-state index contributed by atoms with van der Waals surface area (Å²) >= 11 is 0. The molecule has 12 nitrogen and oxygen atoms in total. The van der Waals surface area contributed by atoms with Crippen molar-refractivity contribution in [2.24, 2.45) is 11.1 Å². The summed E-state index contributed by atoms with van der Waals surface area (Å²) in [6.45, 7) is 12.4. The molecule has 0 amide bonds. The maximum atomic E-state index is 9.71. The lowest BCUT2D eigenvalue weighted by molar-refractivity contribution is -0.0257. The first-order valence-corrected chi connectivity index (χ1v) is 15.4. The van der Waals surface area contributed by atoms with Gasteiger partial charge in [0.05, 0.1) is 25.2 Å². The first kappa shape index (κ1) is 36.4. The molecule has 0 radical (unpaired) electrons. The summed E-state index contributed by atoms with van der Waals surface area (Å²) in [7, 11) is -10.1. The predicted molar refractivity (Wildman–Crippen MR) is 152 cm³/mol. The zero-order valence-corrected chi connectivity index (χ0v) is 25.5. The van der Waals surface area contributed by atoms with Gasteiger partial charge in [0, 0.05) is 12.1 Å². The van der Waals surface area contributed by atoms with Crippen LogP contribution in [0.4, 0.5) is 0 Å². The molecule has 0 spiro atoms. The Hall–Kier alpha value is -1.66. The SMILES string of the molecule is CC(C)(C)c1cccc(C(C)(C)C)c1-c1cc(CN)ccc1OCC(CO)(CO)CO.O=P(O)(O)OP(=O)(O)O. The number of hydrogen-bond acceptors (Lipinski definition) is 8. The van der Waals surface area contributed by atoms with E-state index in [9.17, 15) is 24.4 Å². The highest BCUT2D eigenvalue weighted by Gasteiger charge is 2.32. The predicted octanol–water partition coefficient (Wildman–Crippen LogP) is 2.94. The van der Waals surface area contributed by atoms with Gasteiger partial charge in [-0.1, -0.05) is 65.8 Å². The summed E-state index contributed by atoms with van der Waals surface area (Å²) in [6.07, 6.45) is 0. The van der Waals surface area contributed by atoms with Gasteiger partial charge in [0.1, 0.15) is 12.4 Å². The molecular weight excluding hydrogens is 564 g/mol. The highest BCUT2D eigenvalue weighted by Crippen LogP contribution is 2.53. The molecule has 0 fully saturated rings. The molecule has 228 valence electrons. The van der Waals surface area contributed by atoms with E-state index < -0.39 is 21.1 Å². The molecule has 0 aliphatic heterocycles. The second kappa shape index (κ2) is 14.0. The van der Waals surface area contributed by atoms with E-state index >= 15 is 0 Å². The van der Waals surface area contributed by atoms with Crippen molar-refractivity contribution in [3.8, 4) is 16.9 Å². The molecule has 0 bridgehead atoms. The van der Waals surface area contributed by atoms with E-state index in [-0.39, 0.29) is 37.3 Å². The number of aliphatic hydroxyl groups excluding tert-OH is 3. The molecule has 14 heteroatoms. The Labute approximate surface area is 235 Å². The molecule has 0 saturated carbocycles. The lowest BCUT2D eigenvalue weighted by atomic mass is 9.74. The number of hydrogen-bond donors (Lipinski definition) is 8. The Morgan fingerprint density at radius 1 is 0.775 bits per heavy atom. The summed E-state index contributed by atoms with van der Waals surface area (Å²) in [5.74, 6) is 0.638. The van der Waals surface area contributed by atoms with E-state index in [1.807, 2.05) is 12.1 Å². The van der Waals surface area contributed by atoms with Crippen LogP contribution >= 0.6 is 15.6 Å². The molecule has 0 atom stereocenters. The van der Waals surface area contributed by atoms with Crippen molar-refractivity contribution < 1.29 is 53.1 Å². The van der Waals surface area contributed by atoms with Crippen molar-refractivity contribution in [2.45, 2.75) is 58.9 Å². The Kier molecular flexibility index (Phi) is 12.7. The van der Waals surface area contributed by atoms with Crippen LogP contribution in [0.5, 0.6) is 5.75 Å². The van der Waals surface area contributed by atoms with Crippen LogP contribution in [-0.2, 0) is 30.8 Å². The van der Waals surface area contributed by atoms with Gasteiger partial charge in [0.15, 0.2) is 0 Å². The Morgan fingerprint density at radius 2 is 1.23 bits per heavy atom. The van der Waals surface area contributed by atoms with Crippen molar-refractivity contribution >= 4 is 15.6 Å². The van der Waals surface area contributed by atoms with Gasteiger partial charge < -0.3 is 45.4 Å². The van der Waals surface area contributed by atoms with Crippen LogP contribution in [0.25, 0.3) is 11.1 Å².